The quantitative estimate of drug-likeness (QED) is 0.239. The third-order valence-electron chi connectivity index (χ3n) is 6.95. The molecule has 8 nitrogen and oxygen atoms in total. The van der Waals surface area contributed by atoms with Crippen LogP contribution in [0.4, 0.5) is 0 Å². The van der Waals surface area contributed by atoms with Crippen molar-refractivity contribution in [1.29, 1.82) is 0 Å². The molecule has 1 N–H and O–H groups in total. The number of aliphatic hydroxyl groups excluding tert-OH is 1. The van der Waals surface area contributed by atoms with Gasteiger partial charge in [0.1, 0.15) is 5.76 Å². The molecule has 0 bridgehead atoms. The Kier molecular flexibility index (Phi) is 9.88. The molecule has 0 radical (unpaired) electrons. The fourth-order valence-electron chi connectivity index (χ4n) is 4.78. The van der Waals surface area contributed by atoms with Crippen LogP contribution in [0.2, 0.25) is 5.02 Å². The van der Waals surface area contributed by atoms with E-state index in [4.69, 9.17) is 25.8 Å². The molecule has 0 aliphatic carbocycles. The van der Waals surface area contributed by atoms with Gasteiger partial charge in [-0.1, -0.05) is 31.5 Å². The minimum Gasteiger partial charge on any atom is -0.507 e. The highest BCUT2D eigenvalue weighted by molar-refractivity contribution is 6.46. The fourth-order valence-corrected chi connectivity index (χ4v) is 4.91. The van der Waals surface area contributed by atoms with Crippen LogP contribution in [-0.2, 0) is 14.3 Å². The number of carbonyl (C=O) groups is 2. The number of hydrogen-bond acceptors (Lipinski definition) is 7. The lowest BCUT2D eigenvalue weighted by atomic mass is 9.95. The van der Waals surface area contributed by atoms with Crippen LogP contribution in [0.3, 0.4) is 0 Å². The summed E-state index contributed by atoms with van der Waals surface area (Å²) in [6.07, 6.45) is 0.899. The van der Waals surface area contributed by atoms with Gasteiger partial charge >= 0.3 is 0 Å². The number of carbonyl (C=O) groups excluding carboxylic acids is 2. The van der Waals surface area contributed by atoms with Gasteiger partial charge in [0, 0.05) is 36.8 Å². The molecule has 2 aliphatic rings. The van der Waals surface area contributed by atoms with Crippen molar-refractivity contribution in [2.75, 3.05) is 52.6 Å². The van der Waals surface area contributed by atoms with Crippen molar-refractivity contribution in [3.05, 3.63) is 64.2 Å². The zero-order valence-electron chi connectivity index (χ0n) is 22.8. The highest BCUT2D eigenvalue weighted by Crippen LogP contribution is 2.42. The number of rotatable bonds is 11. The molecule has 2 aliphatic heterocycles. The number of nitrogens with zero attached hydrogens (tertiary/aromatic N) is 2. The van der Waals surface area contributed by atoms with Crippen molar-refractivity contribution >= 4 is 29.1 Å². The second-order valence-electron chi connectivity index (χ2n) is 10.1. The minimum absolute atomic E-state index is 0.0419. The van der Waals surface area contributed by atoms with Crippen molar-refractivity contribution in [3.8, 4) is 11.5 Å². The summed E-state index contributed by atoms with van der Waals surface area (Å²) in [5, 5.41) is 11.8. The number of Topliss-reactive ketones (excluding diaryl/α,β-unsaturated/α-hetero) is 1. The first-order valence-electron chi connectivity index (χ1n) is 13.5. The van der Waals surface area contributed by atoms with Gasteiger partial charge in [0.15, 0.2) is 11.5 Å². The lowest BCUT2D eigenvalue weighted by Crippen LogP contribution is -2.42. The van der Waals surface area contributed by atoms with Gasteiger partial charge in [-0.2, -0.15) is 0 Å². The third kappa shape index (κ3) is 6.93. The average Bonchev–Trinajstić information content (AvgIpc) is 3.18. The predicted molar refractivity (Wildman–Crippen MR) is 150 cm³/mol. The molecular weight excluding hydrogens is 520 g/mol. The number of ketones is 1. The predicted octanol–water partition coefficient (Wildman–Crippen LogP) is 4.92. The van der Waals surface area contributed by atoms with E-state index in [1.165, 1.54) is 0 Å². The Hall–Kier alpha value is -3.07. The van der Waals surface area contributed by atoms with Crippen molar-refractivity contribution in [1.82, 2.24) is 9.80 Å². The molecule has 39 heavy (non-hydrogen) atoms. The molecule has 1 atom stereocenters. The monoisotopic (exact) mass is 556 g/mol. The summed E-state index contributed by atoms with van der Waals surface area (Å²) in [5.74, 6) is 0.0369. The van der Waals surface area contributed by atoms with Crippen LogP contribution in [0, 0.1) is 5.92 Å². The van der Waals surface area contributed by atoms with E-state index in [1.54, 1.807) is 29.2 Å². The smallest absolute Gasteiger partial charge is 0.295 e. The van der Waals surface area contributed by atoms with E-state index in [0.717, 1.165) is 19.5 Å². The molecule has 0 aromatic heterocycles. The van der Waals surface area contributed by atoms with Gasteiger partial charge in [0.25, 0.3) is 11.7 Å². The van der Waals surface area contributed by atoms with Crippen molar-refractivity contribution in [2.45, 2.75) is 33.2 Å². The van der Waals surface area contributed by atoms with E-state index in [1.807, 2.05) is 25.1 Å². The molecule has 2 fully saturated rings. The van der Waals surface area contributed by atoms with Gasteiger partial charge in [-0.25, -0.2) is 0 Å². The summed E-state index contributed by atoms with van der Waals surface area (Å²) >= 11 is 6.04. The summed E-state index contributed by atoms with van der Waals surface area (Å²) in [4.78, 5) is 30.5. The van der Waals surface area contributed by atoms with Crippen LogP contribution in [-0.4, -0.2) is 79.2 Å². The second kappa shape index (κ2) is 13.3. The number of ether oxygens (including phenoxy) is 3. The number of amides is 1. The van der Waals surface area contributed by atoms with Gasteiger partial charge in [-0.3, -0.25) is 14.5 Å². The summed E-state index contributed by atoms with van der Waals surface area (Å²) in [7, 11) is 0. The Morgan fingerprint density at radius 1 is 1.05 bits per heavy atom. The van der Waals surface area contributed by atoms with Crippen molar-refractivity contribution in [3.63, 3.8) is 0 Å². The molecule has 4 rings (SSSR count). The molecule has 2 saturated heterocycles. The van der Waals surface area contributed by atoms with E-state index in [-0.39, 0.29) is 11.3 Å². The Bertz CT molecular complexity index is 1190. The number of benzene rings is 2. The van der Waals surface area contributed by atoms with Gasteiger partial charge in [0.05, 0.1) is 38.0 Å². The SMILES string of the molecule is CCOc1cc(C2C(=C(O)c3ccc(Cl)cc3)C(=O)C(=O)N2CCN2CCOCC2)ccc1OCCC(C)C. The maximum atomic E-state index is 13.4. The number of likely N-dealkylation sites (tertiary alicyclic amines) is 1. The number of hydrogen-bond donors (Lipinski definition) is 1. The molecule has 0 saturated carbocycles. The number of halogens is 1. The largest absolute Gasteiger partial charge is 0.507 e. The Labute approximate surface area is 235 Å². The van der Waals surface area contributed by atoms with Gasteiger partial charge < -0.3 is 24.2 Å². The maximum absolute atomic E-state index is 13.4. The highest BCUT2D eigenvalue weighted by Gasteiger charge is 2.46. The molecule has 0 spiro atoms. The van der Waals surface area contributed by atoms with Crippen LogP contribution >= 0.6 is 11.6 Å². The zero-order chi connectivity index (χ0) is 27.9. The van der Waals surface area contributed by atoms with Crippen LogP contribution < -0.4 is 9.47 Å². The topological polar surface area (TPSA) is 88.5 Å². The second-order valence-corrected chi connectivity index (χ2v) is 10.6. The standard InChI is InChI=1S/C30H37ClN2O6/c1-4-38-25-19-22(7-10-24(25)39-16-11-20(2)3)27-26(28(34)21-5-8-23(31)9-6-21)29(35)30(36)33(27)13-12-32-14-17-37-18-15-32/h5-10,19-20,27,34H,4,11-18H2,1-3H3. The average molecular weight is 557 g/mol. The molecule has 2 aromatic rings. The normalized spacial score (nSPS) is 19.6. The van der Waals surface area contributed by atoms with Crippen LogP contribution in [0.1, 0.15) is 44.4 Å². The molecule has 2 aromatic carbocycles. The summed E-state index contributed by atoms with van der Waals surface area (Å²) in [6, 6.07) is 11.2. The van der Waals surface area contributed by atoms with E-state index in [0.29, 0.717) is 73.1 Å². The van der Waals surface area contributed by atoms with Crippen LogP contribution in [0.5, 0.6) is 11.5 Å². The number of aliphatic hydroxyl groups is 1. The molecule has 210 valence electrons. The summed E-state index contributed by atoms with van der Waals surface area (Å²) < 4.78 is 17.3. The highest BCUT2D eigenvalue weighted by atomic mass is 35.5. The molecule has 1 amide bonds. The van der Waals surface area contributed by atoms with Gasteiger partial charge in [0.2, 0.25) is 0 Å². The Morgan fingerprint density at radius 2 is 1.77 bits per heavy atom. The summed E-state index contributed by atoms with van der Waals surface area (Å²) in [5.41, 5.74) is 1.11. The summed E-state index contributed by atoms with van der Waals surface area (Å²) in [6.45, 7) is 10.8. The first-order valence-corrected chi connectivity index (χ1v) is 13.9. The maximum Gasteiger partial charge on any atom is 0.295 e. The Balaban J connectivity index is 1.73. The fraction of sp³-hybridized carbons (Fsp3) is 0.467. The van der Waals surface area contributed by atoms with Gasteiger partial charge in [-0.15, -0.1) is 0 Å². The van der Waals surface area contributed by atoms with E-state index < -0.39 is 17.7 Å². The third-order valence-corrected chi connectivity index (χ3v) is 7.21. The molecule has 2 heterocycles. The van der Waals surface area contributed by atoms with Crippen LogP contribution in [0.15, 0.2) is 48.0 Å². The van der Waals surface area contributed by atoms with Crippen molar-refractivity contribution in [2.24, 2.45) is 5.92 Å². The minimum atomic E-state index is -0.786. The molecule has 9 heteroatoms. The molecular formula is C30H37ClN2O6. The van der Waals surface area contributed by atoms with Crippen LogP contribution in [0.25, 0.3) is 5.76 Å². The van der Waals surface area contributed by atoms with E-state index in [9.17, 15) is 14.7 Å². The van der Waals surface area contributed by atoms with Crippen molar-refractivity contribution < 1.29 is 28.9 Å². The van der Waals surface area contributed by atoms with E-state index in [2.05, 4.69) is 18.7 Å². The first kappa shape index (κ1) is 28.9. The zero-order valence-corrected chi connectivity index (χ0v) is 23.6. The Morgan fingerprint density at radius 3 is 2.44 bits per heavy atom. The number of morpholine rings is 1. The lowest BCUT2D eigenvalue weighted by molar-refractivity contribution is -0.140. The lowest BCUT2D eigenvalue weighted by Gasteiger charge is -2.31. The van der Waals surface area contributed by atoms with Gasteiger partial charge in [-0.05, 0) is 61.2 Å². The van der Waals surface area contributed by atoms with E-state index >= 15 is 0 Å². The molecule has 1 unspecified atom stereocenters. The first-order chi connectivity index (χ1) is 18.8.